The van der Waals surface area contributed by atoms with Gasteiger partial charge in [-0.1, -0.05) is 6.92 Å². The molecule has 100 valence electrons. The quantitative estimate of drug-likeness (QED) is 0.865. The molecule has 0 unspecified atom stereocenters. The topological polar surface area (TPSA) is 55.0 Å². The van der Waals surface area contributed by atoms with Crippen LogP contribution in [-0.4, -0.2) is 33.5 Å². The Kier molecular flexibility index (Phi) is 5.08. The van der Waals surface area contributed by atoms with Gasteiger partial charge in [-0.3, -0.25) is 14.9 Å². The van der Waals surface area contributed by atoms with E-state index in [-0.39, 0.29) is 0 Å². The van der Waals surface area contributed by atoms with Crippen molar-refractivity contribution in [3.05, 3.63) is 24.3 Å². The molecule has 2 N–H and O–H groups in total. The van der Waals surface area contributed by atoms with Gasteiger partial charge in [0.1, 0.15) is 0 Å². The van der Waals surface area contributed by atoms with Gasteiger partial charge in [0, 0.05) is 37.2 Å². The Balaban J connectivity index is 1.95. The number of nitrogens with two attached hydrogens (primary N) is 1. The number of nitrogens with zero attached hydrogens (tertiary/aromatic N) is 3. The Bertz CT molecular complexity index is 333. The van der Waals surface area contributed by atoms with Gasteiger partial charge in [-0.15, -0.1) is 0 Å². The summed E-state index contributed by atoms with van der Waals surface area (Å²) in [6.07, 6.45) is 11.3. The predicted molar refractivity (Wildman–Crippen MR) is 73.0 cm³/mol. The molecule has 0 aromatic carbocycles. The maximum absolute atomic E-state index is 5.98. The average molecular weight is 248 g/mol. The third-order valence-electron chi connectivity index (χ3n) is 3.75. The van der Waals surface area contributed by atoms with Crippen molar-refractivity contribution < 1.29 is 0 Å². The highest BCUT2D eigenvalue weighted by molar-refractivity contribution is 4.95. The first-order valence-corrected chi connectivity index (χ1v) is 7.04. The molecular weight excluding hydrogens is 224 g/mol. The summed E-state index contributed by atoms with van der Waals surface area (Å²) < 4.78 is 0. The van der Waals surface area contributed by atoms with Gasteiger partial charge in [0.25, 0.3) is 0 Å². The van der Waals surface area contributed by atoms with Gasteiger partial charge in [-0.2, -0.15) is 0 Å². The van der Waals surface area contributed by atoms with Crippen molar-refractivity contribution in [3.63, 3.8) is 0 Å². The van der Waals surface area contributed by atoms with E-state index in [1.54, 1.807) is 12.4 Å². The monoisotopic (exact) mass is 248 g/mol. The molecule has 1 aromatic heterocycles. The second-order valence-corrected chi connectivity index (χ2v) is 5.24. The third kappa shape index (κ3) is 3.75. The Morgan fingerprint density at radius 1 is 1.28 bits per heavy atom. The van der Waals surface area contributed by atoms with E-state index in [9.17, 15) is 0 Å². The molecule has 1 aliphatic rings. The van der Waals surface area contributed by atoms with Gasteiger partial charge >= 0.3 is 0 Å². The van der Waals surface area contributed by atoms with Crippen LogP contribution in [0.15, 0.2) is 18.6 Å². The van der Waals surface area contributed by atoms with E-state index in [2.05, 4.69) is 21.8 Å². The van der Waals surface area contributed by atoms with Crippen LogP contribution in [0.2, 0.25) is 0 Å². The molecule has 1 saturated carbocycles. The van der Waals surface area contributed by atoms with E-state index in [1.807, 2.05) is 6.20 Å². The number of hydrogen-bond donors (Lipinski definition) is 1. The van der Waals surface area contributed by atoms with Crippen molar-refractivity contribution >= 4 is 0 Å². The molecule has 2 rings (SSSR count). The van der Waals surface area contributed by atoms with Crippen molar-refractivity contribution in [2.45, 2.75) is 57.7 Å². The summed E-state index contributed by atoms with van der Waals surface area (Å²) in [5.41, 5.74) is 7.05. The lowest BCUT2D eigenvalue weighted by Crippen LogP contribution is -2.41. The Morgan fingerprint density at radius 2 is 2.06 bits per heavy atom. The van der Waals surface area contributed by atoms with Crippen LogP contribution in [0.3, 0.4) is 0 Å². The fraction of sp³-hybridized carbons (Fsp3) is 0.714. The largest absolute Gasteiger partial charge is 0.328 e. The normalized spacial score (nSPS) is 24.4. The maximum atomic E-state index is 5.98. The standard InChI is InChI=1S/C14H24N4/c1-2-9-18(11-13-10-16-7-8-17-13)14-5-3-12(15)4-6-14/h7-8,10,12,14H,2-6,9,11,15H2,1H3. The molecule has 1 aromatic rings. The summed E-state index contributed by atoms with van der Waals surface area (Å²) in [6, 6.07) is 1.09. The number of rotatable bonds is 5. The summed E-state index contributed by atoms with van der Waals surface area (Å²) in [6.45, 7) is 4.29. The molecule has 0 radical (unpaired) electrons. The molecule has 0 aliphatic heterocycles. The van der Waals surface area contributed by atoms with E-state index in [1.165, 1.54) is 19.3 Å². The summed E-state index contributed by atoms with van der Waals surface area (Å²) in [4.78, 5) is 11.1. The van der Waals surface area contributed by atoms with Crippen molar-refractivity contribution in [1.29, 1.82) is 0 Å². The SMILES string of the molecule is CCCN(Cc1cnccn1)C1CCC(N)CC1. The van der Waals surface area contributed by atoms with Crippen LogP contribution >= 0.6 is 0 Å². The molecule has 0 amide bonds. The molecular formula is C14H24N4. The van der Waals surface area contributed by atoms with Crippen LogP contribution in [0.1, 0.15) is 44.7 Å². The molecule has 1 heterocycles. The van der Waals surface area contributed by atoms with Crippen LogP contribution in [-0.2, 0) is 6.54 Å². The van der Waals surface area contributed by atoms with E-state index >= 15 is 0 Å². The minimum absolute atomic E-state index is 0.418. The Labute approximate surface area is 110 Å². The first-order chi connectivity index (χ1) is 8.79. The molecule has 1 aliphatic carbocycles. The van der Waals surface area contributed by atoms with Gasteiger partial charge < -0.3 is 5.73 Å². The van der Waals surface area contributed by atoms with Crippen molar-refractivity contribution in [1.82, 2.24) is 14.9 Å². The minimum Gasteiger partial charge on any atom is -0.328 e. The summed E-state index contributed by atoms with van der Waals surface area (Å²) in [5, 5.41) is 0. The van der Waals surface area contributed by atoms with Crippen LogP contribution in [0, 0.1) is 0 Å². The lowest BCUT2D eigenvalue weighted by Gasteiger charge is -2.35. The highest BCUT2D eigenvalue weighted by Crippen LogP contribution is 2.23. The van der Waals surface area contributed by atoms with E-state index in [4.69, 9.17) is 5.73 Å². The minimum atomic E-state index is 0.418. The number of hydrogen-bond acceptors (Lipinski definition) is 4. The van der Waals surface area contributed by atoms with Crippen molar-refractivity contribution in [3.8, 4) is 0 Å². The highest BCUT2D eigenvalue weighted by atomic mass is 15.2. The molecule has 0 bridgehead atoms. The van der Waals surface area contributed by atoms with E-state index in [0.717, 1.165) is 31.6 Å². The third-order valence-corrected chi connectivity index (χ3v) is 3.75. The molecule has 4 heteroatoms. The summed E-state index contributed by atoms with van der Waals surface area (Å²) in [7, 11) is 0. The smallest absolute Gasteiger partial charge is 0.0726 e. The van der Waals surface area contributed by atoms with Crippen LogP contribution < -0.4 is 5.73 Å². The molecule has 18 heavy (non-hydrogen) atoms. The lowest BCUT2D eigenvalue weighted by atomic mass is 9.90. The zero-order valence-electron chi connectivity index (χ0n) is 11.3. The van der Waals surface area contributed by atoms with E-state index < -0.39 is 0 Å². The Morgan fingerprint density at radius 3 is 2.67 bits per heavy atom. The first-order valence-electron chi connectivity index (χ1n) is 7.04. The lowest BCUT2D eigenvalue weighted by molar-refractivity contribution is 0.140. The fourth-order valence-corrected chi connectivity index (χ4v) is 2.76. The van der Waals surface area contributed by atoms with Gasteiger partial charge in [0.05, 0.1) is 5.69 Å². The van der Waals surface area contributed by atoms with Gasteiger partial charge in [0.15, 0.2) is 0 Å². The second-order valence-electron chi connectivity index (χ2n) is 5.24. The fourth-order valence-electron chi connectivity index (χ4n) is 2.76. The van der Waals surface area contributed by atoms with Crippen molar-refractivity contribution in [2.24, 2.45) is 5.73 Å². The highest BCUT2D eigenvalue weighted by Gasteiger charge is 2.24. The van der Waals surface area contributed by atoms with Crippen LogP contribution in [0.25, 0.3) is 0 Å². The van der Waals surface area contributed by atoms with Crippen LogP contribution in [0.5, 0.6) is 0 Å². The molecule has 0 spiro atoms. The zero-order valence-corrected chi connectivity index (χ0v) is 11.3. The van der Waals surface area contributed by atoms with Crippen molar-refractivity contribution in [2.75, 3.05) is 6.54 Å². The van der Waals surface area contributed by atoms with Gasteiger partial charge in [0.2, 0.25) is 0 Å². The van der Waals surface area contributed by atoms with Gasteiger partial charge in [-0.05, 0) is 38.6 Å². The zero-order chi connectivity index (χ0) is 12.8. The molecule has 0 atom stereocenters. The summed E-state index contributed by atoms with van der Waals surface area (Å²) >= 11 is 0. The molecule has 4 nitrogen and oxygen atoms in total. The average Bonchev–Trinajstić information content (AvgIpc) is 2.40. The van der Waals surface area contributed by atoms with Gasteiger partial charge in [-0.25, -0.2) is 0 Å². The first kappa shape index (κ1) is 13.4. The molecule has 0 saturated heterocycles. The molecule has 1 fully saturated rings. The summed E-state index contributed by atoms with van der Waals surface area (Å²) in [5.74, 6) is 0. The number of aromatic nitrogens is 2. The van der Waals surface area contributed by atoms with E-state index in [0.29, 0.717) is 12.1 Å². The predicted octanol–water partition coefficient (Wildman–Crippen LogP) is 1.96. The maximum Gasteiger partial charge on any atom is 0.0726 e. The van der Waals surface area contributed by atoms with Crippen LogP contribution in [0.4, 0.5) is 0 Å². The Hall–Kier alpha value is -1.00. The second kappa shape index (κ2) is 6.81.